The quantitative estimate of drug-likeness (QED) is 0.838. The fourth-order valence-corrected chi connectivity index (χ4v) is 2.53. The van der Waals surface area contributed by atoms with Crippen molar-refractivity contribution in [3.05, 3.63) is 47.8 Å². The standard InChI is InChI=1S/C16H18FNO3/c1-10(11-6-8-12(17)9-7-11)18-15(19)13-4-2-3-5-14(13)16(20)21/h2-3,6-10,13-14H,4-5H2,1H3,(H,18,19)(H,20,21)/t10-,13+,14+/m0/s1. The predicted octanol–water partition coefficient (Wildman–Crippen LogP) is 2.67. The van der Waals surface area contributed by atoms with E-state index < -0.39 is 17.8 Å². The van der Waals surface area contributed by atoms with Crippen molar-refractivity contribution < 1.29 is 19.1 Å². The number of allylic oxidation sites excluding steroid dienone is 2. The van der Waals surface area contributed by atoms with Crippen molar-refractivity contribution >= 4 is 11.9 Å². The maximum atomic E-state index is 12.9. The summed E-state index contributed by atoms with van der Waals surface area (Å²) in [5.74, 6) is -2.80. The summed E-state index contributed by atoms with van der Waals surface area (Å²) in [5, 5.41) is 12.0. The summed E-state index contributed by atoms with van der Waals surface area (Å²) in [7, 11) is 0. The molecule has 0 radical (unpaired) electrons. The van der Waals surface area contributed by atoms with Gasteiger partial charge in [-0.25, -0.2) is 4.39 Å². The lowest BCUT2D eigenvalue weighted by Crippen LogP contribution is -2.39. The zero-order valence-corrected chi connectivity index (χ0v) is 11.8. The number of carbonyl (C=O) groups is 2. The van der Waals surface area contributed by atoms with Gasteiger partial charge in [0.2, 0.25) is 5.91 Å². The Labute approximate surface area is 122 Å². The van der Waals surface area contributed by atoms with E-state index >= 15 is 0 Å². The van der Waals surface area contributed by atoms with Crippen LogP contribution in [-0.4, -0.2) is 17.0 Å². The summed E-state index contributed by atoms with van der Waals surface area (Å²) in [6.07, 6.45) is 4.44. The monoisotopic (exact) mass is 291 g/mol. The van der Waals surface area contributed by atoms with Crippen molar-refractivity contribution in [3.8, 4) is 0 Å². The number of nitrogens with one attached hydrogen (secondary N) is 1. The molecule has 1 aromatic rings. The van der Waals surface area contributed by atoms with Crippen LogP contribution in [0.25, 0.3) is 0 Å². The van der Waals surface area contributed by atoms with Gasteiger partial charge in [-0.15, -0.1) is 0 Å². The van der Waals surface area contributed by atoms with Crippen molar-refractivity contribution in [1.29, 1.82) is 0 Å². The molecule has 1 aromatic carbocycles. The molecule has 1 aliphatic rings. The molecule has 0 spiro atoms. The number of aliphatic carboxylic acids is 1. The Balaban J connectivity index is 2.04. The Hall–Kier alpha value is -2.17. The van der Waals surface area contributed by atoms with Gasteiger partial charge in [0.1, 0.15) is 5.82 Å². The Kier molecular flexibility index (Phi) is 4.73. The first-order valence-electron chi connectivity index (χ1n) is 6.92. The molecule has 112 valence electrons. The van der Waals surface area contributed by atoms with E-state index in [1.54, 1.807) is 25.1 Å². The molecule has 21 heavy (non-hydrogen) atoms. The van der Waals surface area contributed by atoms with Gasteiger partial charge in [0.05, 0.1) is 17.9 Å². The molecule has 0 saturated heterocycles. The molecular formula is C16H18FNO3. The molecule has 0 saturated carbocycles. The van der Waals surface area contributed by atoms with Gasteiger partial charge in [-0.3, -0.25) is 9.59 Å². The highest BCUT2D eigenvalue weighted by molar-refractivity contribution is 5.85. The second-order valence-corrected chi connectivity index (χ2v) is 5.28. The summed E-state index contributed by atoms with van der Waals surface area (Å²) in [5.41, 5.74) is 0.781. The van der Waals surface area contributed by atoms with Gasteiger partial charge >= 0.3 is 5.97 Å². The highest BCUT2D eigenvalue weighted by atomic mass is 19.1. The van der Waals surface area contributed by atoms with Crippen LogP contribution in [0.4, 0.5) is 4.39 Å². The molecule has 0 fully saturated rings. The highest BCUT2D eigenvalue weighted by Gasteiger charge is 2.34. The zero-order chi connectivity index (χ0) is 15.4. The minimum atomic E-state index is -0.950. The summed E-state index contributed by atoms with van der Waals surface area (Å²) >= 11 is 0. The number of hydrogen-bond acceptors (Lipinski definition) is 2. The van der Waals surface area contributed by atoms with Crippen LogP contribution >= 0.6 is 0 Å². The molecule has 5 heteroatoms. The largest absolute Gasteiger partial charge is 0.481 e. The second kappa shape index (κ2) is 6.52. The Morgan fingerprint density at radius 2 is 1.76 bits per heavy atom. The van der Waals surface area contributed by atoms with Crippen molar-refractivity contribution in [2.24, 2.45) is 11.8 Å². The molecule has 1 aliphatic carbocycles. The van der Waals surface area contributed by atoms with Crippen molar-refractivity contribution in [2.75, 3.05) is 0 Å². The van der Waals surface area contributed by atoms with Gasteiger partial charge in [-0.2, -0.15) is 0 Å². The van der Waals surface area contributed by atoms with E-state index in [1.807, 2.05) is 6.08 Å². The average molecular weight is 291 g/mol. The van der Waals surface area contributed by atoms with E-state index in [0.717, 1.165) is 5.56 Å². The van der Waals surface area contributed by atoms with Crippen LogP contribution in [0.3, 0.4) is 0 Å². The minimum Gasteiger partial charge on any atom is -0.481 e. The second-order valence-electron chi connectivity index (χ2n) is 5.28. The first kappa shape index (κ1) is 15.2. The third-order valence-electron chi connectivity index (χ3n) is 3.82. The minimum absolute atomic E-state index is 0.274. The van der Waals surface area contributed by atoms with Gasteiger partial charge in [0.15, 0.2) is 0 Å². The van der Waals surface area contributed by atoms with E-state index in [0.29, 0.717) is 12.8 Å². The molecule has 4 nitrogen and oxygen atoms in total. The van der Waals surface area contributed by atoms with Gasteiger partial charge in [-0.05, 0) is 37.5 Å². The number of hydrogen-bond donors (Lipinski definition) is 2. The SMILES string of the molecule is C[C@H](NC(=O)[C@@H]1CC=CC[C@H]1C(=O)O)c1ccc(F)cc1. The molecule has 0 heterocycles. The first-order chi connectivity index (χ1) is 9.99. The molecule has 1 amide bonds. The molecule has 0 unspecified atom stereocenters. The lowest BCUT2D eigenvalue weighted by molar-refractivity contribution is -0.147. The topological polar surface area (TPSA) is 66.4 Å². The zero-order valence-electron chi connectivity index (χ0n) is 11.8. The van der Waals surface area contributed by atoms with Crippen LogP contribution in [0.2, 0.25) is 0 Å². The average Bonchev–Trinajstić information content (AvgIpc) is 2.47. The molecular weight excluding hydrogens is 273 g/mol. The van der Waals surface area contributed by atoms with E-state index in [1.165, 1.54) is 12.1 Å². The summed E-state index contributed by atoms with van der Waals surface area (Å²) < 4.78 is 12.9. The summed E-state index contributed by atoms with van der Waals surface area (Å²) in [6.45, 7) is 1.79. The van der Waals surface area contributed by atoms with E-state index in [4.69, 9.17) is 0 Å². The molecule has 0 aliphatic heterocycles. The fraction of sp³-hybridized carbons (Fsp3) is 0.375. The maximum absolute atomic E-state index is 12.9. The molecule has 0 bridgehead atoms. The number of rotatable bonds is 4. The smallest absolute Gasteiger partial charge is 0.307 e. The summed E-state index contributed by atoms with van der Waals surface area (Å²) in [4.78, 5) is 23.5. The van der Waals surface area contributed by atoms with Crippen LogP contribution in [0.1, 0.15) is 31.4 Å². The third-order valence-corrected chi connectivity index (χ3v) is 3.82. The molecule has 0 aromatic heterocycles. The Morgan fingerprint density at radius 3 is 2.33 bits per heavy atom. The number of carboxylic acids is 1. The molecule has 2 rings (SSSR count). The van der Waals surface area contributed by atoms with Crippen LogP contribution < -0.4 is 5.32 Å². The number of halogens is 1. The van der Waals surface area contributed by atoms with Crippen LogP contribution in [0.5, 0.6) is 0 Å². The van der Waals surface area contributed by atoms with Gasteiger partial charge in [0, 0.05) is 0 Å². The first-order valence-corrected chi connectivity index (χ1v) is 6.92. The van der Waals surface area contributed by atoms with Crippen molar-refractivity contribution in [3.63, 3.8) is 0 Å². The molecule has 2 N–H and O–H groups in total. The Morgan fingerprint density at radius 1 is 1.19 bits per heavy atom. The third kappa shape index (κ3) is 3.68. The lowest BCUT2D eigenvalue weighted by atomic mass is 9.82. The van der Waals surface area contributed by atoms with Crippen molar-refractivity contribution in [1.82, 2.24) is 5.32 Å². The van der Waals surface area contributed by atoms with E-state index in [9.17, 15) is 19.1 Å². The van der Waals surface area contributed by atoms with Gasteiger partial charge in [0.25, 0.3) is 0 Å². The van der Waals surface area contributed by atoms with E-state index in [2.05, 4.69) is 5.32 Å². The number of benzene rings is 1. The highest BCUT2D eigenvalue weighted by Crippen LogP contribution is 2.27. The molecule has 3 atom stereocenters. The normalized spacial score (nSPS) is 22.6. The summed E-state index contributed by atoms with van der Waals surface area (Å²) in [6, 6.07) is 5.59. The predicted molar refractivity (Wildman–Crippen MR) is 75.9 cm³/mol. The maximum Gasteiger partial charge on any atom is 0.307 e. The van der Waals surface area contributed by atoms with Crippen LogP contribution in [0, 0.1) is 17.7 Å². The Bertz CT molecular complexity index is 553. The van der Waals surface area contributed by atoms with E-state index in [-0.39, 0.29) is 17.8 Å². The number of carbonyl (C=O) groups excluding carboxylic acids is 1. The van der Waals surface area contributed by atoms with Crippen LogP contribution in [-0.2, 0) is 9.59 Å². The van der Waals surface area contributed by atoms with Gasteiger partial charge < -0.3 is 10.4 Å². The van der Waals surface area contributed by atoms with Gasteiger partial charge in [-0.1, -0.05) is 24.3 Å². The number of carboxylic acid groups (broad SMARTS) is 1. The lowest BCUT2D eigenvalue weighted by Gasteiger charge is -2.26. The van der Waals surface area contributed by atoms with Crippen molar-refractivity contribution in [2.45, 2.75) is 25.8 Å². The fourth-order valence-electron chi connectivity index (χ4n) is 2.53. The number of amides is 1. The van der Waals surface area contributed by atoms with Crippen LogP contribution in [0.15, 0.2) is 36.4 Å².